The topological polar surface area (TPSA) is 61.3 Å². The normalized spacial score (nSPS) is 12.6. The molecule has 0 fully saturated rings. The van der Waals surface area contributed by atoms with Crippen LogP contribution in [0.2, 0.25) is 5.02 Å². The lowest BCUT2D eigenvalue weighted by molar-refractivity contribution is 0.317. The summed E-state index contributed by atoms with van der Waals surface area (Å²) >= 11 is 6.12. The molecule has 3 nitrogen and oxygen atoms in total. The summed E-state index contributed by atoms with van der Waals surface area (Å²) in [7, 11) is 0. The molecule has 0 aliphatic rings. The van der Waals surface area contributed by atoms with Crippen LogP contribution >= 0.6 is 11.6 Å². The predicted molar refractivity (Wildman–Crippen MR) is 68.0 cm³/mol. The Morgan fingerprint density at radius 1 is 1.44 bits per heavy atom. The summed E-state index contributed by atoms with van der Waals surface area (Å²) in [6, 6.07) is 3.60. The standard InChI is InChI=1S/C12H19ClN2O/c1-3-4-16-12-5-8(2)9(6-10(12)13)11(15)7-14/h5-6,11H,3-4,7,14-15H2,1-2H3. The molecule has 0 radical (unpaired) electrons. The van der Waals surface area contributed by atoms with Gasteiger partial charge in [0.2, 0.25) is 0 Å². The first-order valence-electron chi connectivity index (χ1n) is 5.48. The zero-order chi connectivity index (χ0) is 12.1. The first-order chi connectivity index (χ1) is 7.60. The van der Waals surface area contributed by atoms with Crippen LogP contribution in [-0.2, 0) is 0 Å². The van der Waals surface area contributed by atoms with Crippen molar-refractivity contribution < 1.29 is 4.74 Å². The van der Waals surface area contributed by atoms with Gasteiger partial charge in [-0.05, 0) is 36.6 Å². The van der Waals surface area contributed by atoms with Crippen molar-refractivity contribution in [1.82, 2.24) is 0 Å². The van der Waals surface area contributed by atoms with Gasteiger partial charge in [0.15, 0.2) is 0 Å². The third-order valence-corrected chi connectivity index (χ3v) is 2.73. The highest BCUT2D eigenvalue weighted by Crippen LogP contribution is 2.30. The van der Waals surface area contributed by atoms with E-state index >= 15 is 0 Å². The molecule has 0 amide bonds. The Labute approximate surface area is 102 Å². The highest BCUT2D eigenvalue weighted by atomic mass is 35.5. The average Bonchev–Trinajstić information content (AvgIpc) is 2.28. The van der Waals surface area contributed by atoms with Crippen molar-refractivity contribution in [1.29, 1.82) is 0 Å². The van der Waals surface area contributed by atoms with Crippen molar-refractivity contribution in [3.05, 3.63) is 28.3 Å². The Morgan fingerprint density at radius 3 is 2.69 bits per heavy atom. The van der Waals surface area contributed by atoms with E-state index in [-0.39, 0.29) is 6.04 Å². The lowest BCUT2D eigenvalue weighted by atomic mass is 10.0. The lowest BCUT2D eigenvalue weighted by Crippen LogP contribution is -2.21. The molecule has 16 heavy (non-hydrogen) atoms. The van der Waals surface area contributed by atoms with Crippen LogP contribution in [0.4, 0.5) is 0 Å². The summed E-state index contributed by atoms with van der Waals surface area (Å²) < 4.78 is 5.53. The molecular formula is C12H19ClN2O. The Kier molecular flexibility index (Phi) is 5.06. The molecule has 0 saturated carbocycles. The summed E-state index contributed by atoms with van der Waals surface area (Å²) in [6.07, 6.45) is 0.958. The molecule has 1 atom stereocenters. The van der Waals surface area contributed by atoms with Gasteiger partial charge in [-0.15, -0.1) is 0 Å². The van der Waals surface area contributed by atoms with Gasteiger partial charge in [-0.25, -0.2) is 0 Å². The van der Waals surface area contributed by atoms with Crippen molar-refractivity contribution >= 4 is 11.6 Å². The fourth-order valence-electron chi connectivity index (χ4n) is 1.52. The molecule has 4 heteroatoms. The minimum atomic E-state index is -0.169. The van der Waals surface area contributed by atoms with Gasteiger partial charge in [0.05, 0.1) is 11.6 Å². The zero-order valence-electron chi connectivity index (χ0n) is 9.79. The number of aryl methyl sites for hydroxylation is 1. The molecule has 0 saturated heterocycles. The molecule has 0 bridgehead atoms. The molecule has 90 valence electrons. The summed E-state index contributed by atoms with van der Waals surface area (Å²) in [5.74, 6) is 0.717. The minimum absolute atomic E-state index is 0.169. The van der Waals surface area contributed by atoms with E-state index in [1.807, 2.05) is 19.1 Å². The molecule has 0 spiro atoms. The van der Waals surface area contributed by atoms with Crippen molar-refractivity contribution in [3.63, 3.8) is 0 Å². The molecule has 4 N–H and O–H groups in total. The third-order valence-electron chi connectivity index (χ3n) is 2.44. The van der Waals surface area contributed by atoms with Gasteiger partial charge in [0, 0.05) is 12.6 Å². The molecule has 1 aromatic carbocycles. The molecule has 1 aromatic rings. The van der Waals surface area contributed by atoms with E-state index in [9.17, 15) is 0 Å². The van der Waals surface area contributed by atoms with Crippen LogP contribution < -0.4 is 16.2 Å². The lowest BCUT2D eigenvalue weighted by Gasteiger charge is -2.15. The molecule has 1 rings (SSSR count). The van der Waals surface area contributed by atoms with E-state index < -0.39 is 0 Å². The maximum absolute atomic E-state index is 6.12. The van der Waals surface area contributed by atoms with Crippen LogP contribution in [0, 0.1) is 6.92 Å². The molecule has 0 heterocycles. The number of ether oxygens (including phenoxy) is 1. The van der Waals surface area contributed by atoms with Crippen LogP contribution in [0.15, 0.2) is 12.1 Å². The van der Waals surface area contributed by atoms with Gasteiger partial charge in [-0.3, -0.25) is 0 Å². The number of hydrogen-bond donors (Lipinski definition) is 2. The van der Waals surface area contributed by atoms with Gasteiger partial charge >= 0.3 is 0 Å². The third kappa shape index (κ3) is 3.11. The molecule has 0 aliphatic carbocycles. The van der Waals surface area contributed by atoms with Crippen LogP contribution in [0.1, 0.15) is 30.5 Å². The molecule has 0 aromatic heterocycles. The van der Waals surface area contributed by atoms with Crippen molar-refractivity contribution in [3.8, 4) is 5.75 Å². The Balaban J connectivity index is 2.97. The van der Waals surface area contributed by atoms with Crippen LogP contribution in [0.25, 0.3) is 0 Å². The van der Waals surface area contributed by atoms with E-state index in [4.69, 9.17) is 27.8 Å². The second-order valence-electron chi connectivity index (χ2n) is 3.83. The quantitative estimate of drug-likeness (QED) is 0.834. The van der Waals surface area contributed by atoms with Gasteiger partial charge in [0.25, 0.3) is 0 Å². The van der Waals surface area contributed by atoms with Crippen LogP contribution in [0.5, 0.6) is 5.75 Å². The van der Waals surface area contributed by atoms with Crippen molar-refractivity contribution in [2.75, 3.05) is 13.2 Å². The molecular weight excluding hydrogens is 224 g/mol. The number of hydrogen-bond acceptors (Lipinski definition) is 3. The summed E-state index contributed by atoms with van der Waals surface area (Å²) in [5, 5.41) is 0.595. The monoisotopic (exact) mass is 242 g/mol. The predicted octanol–water partition coefficient (Wildman–Crippen LogP) is 2.40. The number of halogens is 1. The van der Waals surface area contributed by atoms with Crippen LogP contribution in [-0.4, -0.2) is 13.2 Å². The molecule has 0 aliphatic heterocycles. The summed E-state index contributed by atoms with van der Waals surface area (Å²) in [6.45, 7) is 5.12. The first-order valence-corrected chi connectivity index (χ1v) is 5.86. The zero-order valence-corrected chi connectivity index (χ0v) is 10.6. The fourth-order valence-corrected chi connectivity index (χ4v) is 1.75. The van der Waals surface area contributed by atoms with E-state index in [0.717, 1.165) is 17.5 Å². The van der Waals surface area contributed by atoms with Gasteiger partial charge < -0.3 is 16.2 Å². The SMILES string of the molecule is CCCOc1cc(C)c(C(N)CN)cc1Cl. The summed E-state index contributed by atoms with van der Waals surface area (Å²) in [5.41, 5.74) is 13.5. The summed E-state index contributed by atoms with van der Waals surface area (Å²) in [4.78, 5) is 0. The molecule has 1 unspecified atom stereocenters. The Hall–Kier alpha value is -0.770. The second kappa shape index (κ2) is 6.09. The van der Waals surface area contributed by atoms with Crippen LogP contribution in [0.3, 0.4) is 0 Å². The number of benzene rings is 1. The van der Waals surface area contributed by atoms with E-state index in [0.29, 0.717) is 23.9 Å². The number of rotatable bonds is 5. The van der Waals surface area contributed by atoms with E-state index in [1.54, 1.807) is 0 Å². The highest BCUT2D eigenvalue weighted by Gasteiger charge is 2.11. The largest absolute Gasteiger partial charge is 0.492 e. The van der Waals surface area contributed by atoms with Gasteiger partial charge in [0.1, 0.15) is 5.75 Å². The number of nitrogens with two attached hydrogens (primary N) is 2. The Bertz CT molecular complexity index is 355. The average molecular weight is 243 g/mol. The minimum Gasteiger partial charge on any atom is -0.492 e. The maximum atomic E-state index is 6.12. The fraction of sp³-hybridized carbons (Fsp3) is 0.500. The van der Waals surface area contributed by atoms with Gasteiger partial charge in [-0.2, -0.15) is 0 Å². The second-order valence-corrected chi connectivity index (χ2v) is 4.24. The van der Waals surface area contributed by atoms with E-state index in [1.165, 1.54) is 0 Å². The smallest absolute Gasteiger partial charge is 0.138 e. The highest BCUT2D eigenvalue weighted by molar-refractivity contribution is 6.32. The maximum Gasteiger partial charge on any atom is 0.138 e. The van der Waals surface area contributed by atoms with Gasteiger partial charge in [-0.1, -0.05) is 18.5 Å². The van der Waals surface area contributed by atoms with E-state index in [2.05, 4.69) is 6.92 Å². The van der Waals surface area contributed by atoms with Crippen molar-refractivity contribution in [2.24, 2.45) is 11.5 Å². The Morgan fingerprint density at radius 2 is 2.12 bits per heavy atom. The van der Waals surface area contributed by atoms with Crippen molar-refractivity contribution in [2.45, 2.75) is 26.3 Å². The first kappa shape index (κ1) is 13.3.